The molecule has 0 atom stereocenters. The lowest BCUT2D eigenvalue weighted by Crippen LogP contribution is -2.29. The fourth-order valence-corrected chi connectivity index (χ4v) is 3.05. The number of tetrazole rings is 1. The van der Waals surface area contributed by atoms with E-state index in [0.29, 0.717) is 11.1 Å². The maximum Gasteiger partial charge on any atom is 0.369 e. The normalized spacial score (nSPS) is 10.8. The molecule has 0 bridgehead atoms. The Kier molecular flexibility index (Phi) is 4.53. The summed E-state index contributed by atoms with van der Waals surface area (Å²) in [5.74, 6) is -2.43. The van der Waals surface area contributed by atoms with Crippen molar-refractivity contribution in [3.63, 3.8) is 0 Å². The Bertz CT molecular complexity index is 931. The molecule has 0 saturated carbocycles. The van der Waals surface area contributed by atoms with Gasteiger partial charge in [0.1, 0.15) is 17.4 Å². The summed E-state index contributed by atoms with van der Waals surface area (Å²) in [7, 11) is 0. The number of aromatic nitrogens is 4. The van der Waals surface area contributed by atoms with Crippen molar-refractivity contribution in [3.05, 3.63) is 56.2 Å². The van der Waals surface area contributed by atoms with Crippen LogP contribution >= 0.6 is 27.3 Å². The quantitative estimate of drug-likeness (QED) is 0.707. The van der Waals surface area contributed by atoms with E-state index >= 15 is 0 Å². The molecule has 1 N–H and O–H groups in total. The highest BCUT2D eigenvalue weighted by atomic mass is 79.9. The van der Waals surface area contributed by atoms with Gasteiger partial charge in [0.05, 0.1) is 5.69 Å². The van der Waals surface area contributed by atoms with Crippen molar-refractivity contribution < 1.29 is 13.6 Å². The molecule has 7 nitrogen and oxygen atoms in total. The maximum absolute atomic E-state index is 13.7. The van der Waals surface area contributed by atoms with Crippen molar-refractivity contribution in [1.29, 1.82) is 0 Å². The van der Waals surface area contributed by atoms with Crippen LogP contribution in [0.15, 0.2) is 38.9 Å². The van der Waals surface area contributed by atoms with E-state index in [1.807, 2.05) is 0 Å². The first-order chi connectivity index (χ1) is 11.5. The Morgan fingerprint density at radius 1 is 1.33 bits per heavy atom. The molecule has 0 radical (unpaired) electrons. The zero-order chi connectivity index (χ0) is 17.3. The third-order valence-corrected chi connectivity index (χ3v) is 4.39. The van der Waals surface area contributed by atoms with Crippen molar-refractivity contribution in [3.8, 4) is 5.00 Å². The van der Waals surface area contributed by atoms with Crippen LogP contribution in [0.3, 0.4) is 0 Å². The number of carbonyl (C=O) groups is 1. The Morgan fingerprint density at radius 2 is 2.12 bits per heavy atom. The fraction of sp³-hybridized carbons (Fsp3) is 0.0769. The summed E-state index contributed by atoms with van der Waals surface area (Å²) < 4.78 is 28.7. The number of carbonyl (C=O) groups excluding carboxylic acids is 1. The number of nitrogens with zero attached hydrogens (tertiary/aromatic N) is 4. The molecule has 24 heavy (non-hydrogen) atoms. The Hall–Kier alpha value is -2.40. The van der Waals surface area contributed by atoms with E-state index in [4.69, 9.17) is 0 Å². The number of amides is 1. The number of anilines is 1. The SMILES string of the molecule is O=C(Cn1nnn(-c2cccs2)c1=O)Nc1c(F)cc(F)cc1Br. The van der Waals surface area contributed by atoms with Crippen LogP contribution < -0.4 is 11.0 Å². The van der Waals surface area contributed by atoms with Crippen LogP contribution in [0.5, 0.6) is 0 Å². The number of halogens is 3. The molecule has 0 fully saturated rings. The van der Waals surface area contributed by atoms with E-state index in [2.05, 4.69) is 31.7 Å². The van der Waals surface area contributed by atoms with Crippen LogP contribution in [0.4, 0.5) is 14.5 Å². The van der Waals surface area contributed by atoms with Crippen molar-refractivity contribution >= 4 is 38.9 Å². The fourth-order valence-electron chi connectivity index (χ4n) is 1.88. The van der Waals surface area contributed by atoms with Crippen LogP contribution in [0.25, 0.3) is 5.00 Å². The second-order valence-electron chi connectivity index (χ2n) is 4.57. The molecule has 124 valence electrons. The number of benzene rings is 1. The molecule has 0 aliphatic carbocycles. The molecule has 0 spiro atoms. The van der Waals surface area contributed by atoms with Crippen LogP contribution in [0.1, 0.15) is 0 Å². The molecule has 0 unspecified atom stereocenters. The van der Waals surface area contributed by atoms with E-state index < -0.39 is 29.8 Å². The van der Waals surface area contributed by atoms with Crippen molar-refractivity contribution in [2.24, 2.45) is 0 Å². The summed E-state index contributed by atoms with van der Waals surface area (Å²) in [6.45, 7) is -0.465. The predicted molar refractivity (Wildman–Crippen MR) is 86.2 cm³/mol. The van der Waals surface area contributed by atoms with Gasteiger partial charge in [-0.2, -0.15) is 9.36 Å². The van der Waals surface area contributed by atoms with Gasteiger partial charge < -0.3 is 5.32 Å². The first-order valence-corrected chi connectivity index (χ1v) is 8.14. The van der Waals surface area contributed by atoms with Crippen molar-refractivity contribution in [2.75, 3.05) is 5.32 Å². The largest absolute Gasteiger partial charge is 0.369 e. The predicted octanol–water partition coefficient (Wildman–Crippen LogP) is 2.17. The average Bonchev–Trinajstić information content (AvgIpc) is 3.14. The van der Waals surface area contributed by atoms with Gasteiger partial charge >= 0.3 is 5.69 Å². The van der Waals surface area contributed by atoms with E-state index in [1.165, 1.54) is 11.3 Å². The third-order valence-electron chi connectivity index (χ3n) is 2.92. The molecular formula is C13H8BrF2N5O2S. The molecule has 3 rings (SSSR count). The van der Waals surface area contributed by atoms with Crippen LogP contribution in [0, 0.1) is 11.6 Å². The monoisotopic (exact) mass is 415 g/mol. The number of hydrogen-bond donors (Lipinski definition) is 1. The number of thiophene rings is 1. The van der Waals surface area contributed by atoms with Gasteiger partial charge in [0.2, 0.25) is 5.91 Å². The zero-order valence-corrected chi connectivity index (χ0v) is 14.1. The lowest BCUT2D eigenvalue weighted by molar-refractivity contribution is -0.117. The lowest BCUT2D eigenvalue weighted by Gasteiger charge is -2.08. The number of nitrogens with one attached hydrogen (secondary N) is 1. The molecule has 1 aromatic carbocycles. The van der Waals surface area contributed by atoms with Crippen LogP contribution in [-0.4, -0.2) is 25.7 Å². The van der Waals surface area contributed by atoms with Gasteiger partial charge in [-0.1, -0.05) is 0 Å². The van der Waals surface area contributed by atoms with Gasteiger partial charge in [-0.25, -0.2) is 13.6 Å². The smallest absolute Gasteiger partial charge is 0.321 e. The van der Waals surface area contributed by atoms with Gasteiger partial charge in [0, 0.05) is 10.5 Å². The van der Waals surface area contributed by atoms with Gasteiger partial charge in [0.25, 0.3) is 0 Å². The lowest BCUT2D eigenvalue weighted by atomic mass is 10.3. The Morgan fingerprint density at radius 3 is 2.79 bits per heavy atom. The standard InChI is InChI=1S/C13H8BrF2N5O2S/c14-8-4-7(15)5-9(16)12(8)17-10(22)6-20-13(23)21(19-18-20)11-2-1-3-24-11/h1-5H,6H2,(H,17,22). The summed E-state index contributed by atoms with van der Waals surface area (Å²) in [4.78, 5) is 24.1. The second-order valence-corrected chi connectivity index (χ2v) is 6.36. The highest BCUT2D eigenvalue weighted by Gasteiger charge is 2.16. The van der Waals surface area contributed by atoms with Gasteiger partial charge in [0.15, 0.2) is 5.82 Å². The molecule has 2 aromatic heterocycles. The van der Waals surface area contributed by atoms with Crippen LogP contribution in [0.2, 0.25) is 0 Å². The van der Waals surface area contributed by atoms with Gasteiger partial charge in [-0.15, -0.1) is 11.3 Å². The second kappa shape index (κ2) is 6.61. The van der Waals surface area contributed by atoms with Gasteiger partial charge in [-0.05, 0) is 49.9 Å². The molecule has 3 aromatic rings. The minimum Gasteiger partial charge on any atom is -0.321 e. The van der Waals surface area contributed by atoms with Crippen LogP contribution in [-0.2, 0) is 11.3 Å². The van der Waals surface area contributed by atoms with Crippen molar-refractivity contribution in [1.82, 2.24) is 19.8 Å². The molecule has 0 aliphatic rings. The topological polar surface area (TPSA) is 81.8 Å². The summed E-state index contributed by atoms with van der Waals surface area (Å²) in [6.07, 6.45) is 0. The Labute approximate surface area is 145 Å². The van der Waals surface area contributed by atoms with E-state index in [1.54, 1.807) is 17.5 Å². The third kappa shape index (κ3) is 3.26. The minimum atomic E-state index is -0.940. The molecule has 11 heteroatoms. The van der Waals surface area contributed by atoms with E-state index in [-0.39, 0.29) is 10.2 Å². The van der Waals surface area contributed by atoms with E-state index in [9.17, 15) is 18.4 Å². The highest BCUT2D eigenvalue weighted by molar-refractivity contribution is 9.10. The zero-order valence-electron chi connectivity index (χ0n) is 11.7. The average molecular weight is 416 g/mol. The first-order valence-electron chi connectivity index (χ1n) is 6.47. The minimum absolute atomic E-state index is 0.0444. The summed E-state index contributed by atoms with van der Waals surface area (Å²) in [5, 5.41) is 11.9. The number of hydrogen-bond acceptors (Lipinski definition) is 5. The number of rotatable bonds is 4. The molecular weight excluding hydrogens is 408 g/mol. The first kappa shape index (κ1) is 16.5. The summed E-state index contributed by atoms with van der Waals surface area (Å²) in [6, 6.07) is 5.07. The van der Waals surface area contributed by atoms with Gasteiger partial charge in [-0.3, -0.25) is 4.79 Å². The van der Waals surface area contributed by atoms with E-state index in [0.717, 1.165) is 15.4 Å². The highest BCUT2D eigenvalue weighted by Crippen LogP contribution is 2.26. The summed E-state index contributed by atoms with van der Waals surface area (Å²) in [5.41, 5.74) is -0.827. The van der Waals surface area contributed by atoms with Crippen molar-refractivity contribution in [2.45, 2.75) is 6.54 Å². The molecule has 0 aliphatic heterocycles. The Balaban J connectivity index is 1.78. The molecule has 0 saturated heterocycles. The maximum atomic E-state index is 13.7. The molecule has 1 amide bonds. The molecule has 2 heterocycles. The summed E-state index contributed by atoms with van der Waals surface area (Å²) >= 11 is 4.25.